The minimum atomic E-state index is -0.295. The second-order valence-corrected chi connectivity index (χ2v) is 4.49. The number of nitrogens with zero attached hydrogens (tertiary/aromatic N) is 2. The van der Waals surface area contributed by atoms with Gasteiger partial charge in [-0.2, -0.15) is 0 Å². The van der Waals surface area contributed by atoms with E-state index in [1.807, 2.05) is 19.9 Å². The van der Waals surface area contributed by atoms with Crippen molar-refractivity contribution in [1.29, 1.82) is 0 Å². The zero-order chi connectivity index (χ0) is 14.5. The van der Waals surface area contributed by atoms with Gasteiger partial charge in [-0.15, -0.1) is 0 Å². The minimum Gasteiger partial charge on any atom is -0.378 e. The van der Waals surface area contributed by atoms with Gasteiger partial charge in [0.15, 0.2) is 5.82 Å². The van der Waals surface area contributed by atoms with Crippen LogP contribution in [0.4, 0.5) is 10.2 Å². The van der Waals surface area contributed by atoms with Crippen LogP contribution in [0.1, 0.15) is 18.2 Å². The van der Waals surface area contributed by atoms with Crippen LogP contribution in [0.15, 0.2) is 24.3 Å². The number of methoxy groups -OCH3 is 1. The van der Waals surface area contributed by atoms with Crippen molar-refractivity contribution < 1.29 is 9.13 Å². The van der Waals surface area contributed by atoms with Gasteiger partial charge in [0, 0.05) is 25.3 Å². The molecular weight excluding hydrogens is 257 g/mol. The number of hydrogen-bond donors (Lipinski definition) is 1. The SMILES string of the molecule is CCNc1cc(COC)nc(-c2cc(F)ccc2C)n1. The van der Waals surface area contributed by atoms with Crippen molar-refractivity contribution >= 4 is 5.82 Å². The molecule has 0 bridgehead atoms. The van der Waals surface area contributed by atoms with Crippen LogP contribution < -0.4 is 5.32 Å². The van der Waals surface area contributed by atoms with E-state index in [1.54, 1.807) is 13.2 Å². The molecule has 2 aromatic rings. The predicted octanol–water partition coefficient (Wildman–Crippen LogP) is 3.17. The third-order valence-electron chi connectivity index (χ3n) is 2.87. The van der Waals surface area contributed by atoms with Gasteiger partial charge >= 0.3 is 0 Å². The normalized spacial score (nSPS) is 10.6. The highest BCUT2D eigenvalue weighted by Gasteiger charge is 2.10. The molecule has 1 aromatic carbocycles. The molecule has 0 amide bonds. The molecule has 0 fully saturated rings. The number of aryl methyl sites for hydroxylation is 1. The molecule has 0 saturated carbocycles. The molecule has 4 nitrogen and oxygen atoms in total. The van der Waals surface area contributed by atoms with Gasteiger partial charge in [0.2, 0.25) is 0 Å². The molecule has 5 heteroatoms. The Morgan fingerprint density at radius 1 is 1.25 bits per heavy atom. The lowest BCUT2D eigenvalue weighted by molar-refractivity contribution is 0.181. The van der Waals surface area contributed by atoms with Crippen LogP contribution in [0, 0.1) is 12.7 Å². The Kier molecular flexibility index (Phi) is 4.63. The predicted molar refractivity (Wildman–Crippen MR) is 77.0 cm³/mol. The Labute approximate surface area is 118 Å². The summed E-state index contributed by atoms with van der Waals surface area (Å²) in [6.45, 7) is 5.05. The number of aromatic nitrogens is 2. The van der Waals surface area contributed by atoms with Crippen LogP contribution >= 0.6 is 0 Å². The molecule has 2 rings (SSSR count). The first kappa shape index (κ1) is 14.4. The first-order valence-corrected chi connectivity index (χ1v) is 6.51. The van der Waals surface area contributed by atoms with E-state index in [0.717, 1.165) is 17.8 Å². The zero-order valence-electron chi connectivity index (χ0n) is 11.9. The van der Waals surface area contributed by atoms with Crippen LogP contribution in [-0.2, 0) is 11.3 Å². The van der Waals surface area contributed by atoms with Crippen LogP contribution in [0.25, 0.3) is 11.4 Å². The molecule has 1 aromatic heterocycles. The Morgan fingerprint density at radius 2 is 2.05 bits per heavy atom. The van der Waals surface area contributed by atoms with Crippen molar-refractivity contribution in [3.63, 3.8) is 0 Å². The van der Waals surface area contributed by atoms with E-state index in [0.29, 0.717) is 23.8 Å². The van der Waals surface area contributed by atoms with Crippen LogP contribution in [0.5, 0.6) is 0 Å². The van der Waals surface area contributed by atoms with Crippen molar-refractivity contribution in [3.05, 3.63) is 41.3 Å². The molecule has 20 heavy (non-hydrogen) atoms. The van der Waals surface area contributed by atoms with Gasteiger partial charge in [-0.05, 0) is 31.5 Å². The summed E-state index contributed by atoms with van der Waals surface area (Å²) in [6.07, 6.45) is 0. The summed E-state index contributed by atoms with van der Waals surface area (Å²) in [5.41, 5.74) is 2.39. The molecule has 0 aliphatic carbocycles. The Bertz CT molecular complexity index is 577. The highest BCUT2D eigenvalue weighted by atomic mass is 19.1. The summed E-state index contributed by atoms with van der Waals surface area (Å²) in [5.74, 6) is 0.928. The van der Waals surface area contributed by atoms with Gasteiger partial charge in [0.05, 0.1) is 12.3 Å². The quantitative estimate of drug-likeness (QED) is 0.910. The van der Waals surface area contributed by atoms with E-state index < -0.39 is 0 Å². The van der Waals surface area contributed by atoms with E-state index >= 15 is 0 Å². The third kappa shape index (κ3) is 3.30. The van der Waals surface area contributed by atoms with Crippen molar-refractivity contribution in [1.82, 2.24) is 9.97 Å². The Hall–Kier alpha value is -2.01. The van der Waals surface area contributed by atoms with E-state index in [1.165, 1.54) is 12.1 Å². The monoisotopic (exact) mass is 275 g/mol. The number of nitrogens with one attached hydrogen (secondary N) is 1. The van der Waals surface area contributed by atoms with Crippen molar-refractivity contribution in [2.75, 3.05) is 19.0 Å². The molecule has 1 N–H and O–H groups in total. The van der Waals surface area contributed by atoms with Crippen molar-refractivity contribution in [3.8, 4) is 11.4 Å². The van der Waals surface area contributed by atoms with Gasteiger partial charge in [0.1, 0.15) is 11.6 Å². The van der Waals surface area contributed by atoms with E-state index in [2.05, 4.69) is 15.3 Å². The Balaban J connectivity index is 2.51. The molecule has 0 spiro atoms. The fourth-order valence-corrected chi connectivity index (χ4v) is 1.95. The smallest absolute Gasteiger partial charge is 0.162 e. The summed E-state index contributed by atoms with van der Waals surface area (Å²) in [4.78, 5) is 8.87. The summed E-state index contributed by atoms with van der Waals surface area (Å²) in [5, 5.41) is 3.15. The average molecular weight is 275 g/mol. The Morgan fingerprint density at radius 3 is 2.75 bits per heavy atom. The molecular formula is C15H18FN3O. The number of halogens is 1. The number of ether oxygens (including phenoxy) is 1. The molecule has 1 heterocycles. The maximum absolute atomic E-state index is 13.4. The molecule has 0 saturated heterocycles. The van der Waals surface area contributed by atoms with Crippen LogP contribution in [0.2, 0.25) is 0 Å². The fraction of sp³-hybridized carbons (Fsp3) is 0.333. The topological polar surface area (TPSA) is 47.0 Å². The number of hydrogen-bond acceptors (Lipinski definition) is 4. The van der Waals surface area contributed by atoms with Gasteiger partial charge in [-0.25, -0.2) is 14.4 Å². The maximum atomic E-state index is 13.4. The molecule has 0 aliphatic rings. The van der Waals surface area contributed by atoms with Crippen LogP contribution in [0.3, 0.4) is 0 Å². The molecule has 0 atom stereocenters. The summed E-state index contributed by atoms with van der Waals surface area (Å²) in [6, 6.07) is 6.45. The highest BCUT2D eigenvalue weighted by molar-refractivity contribution is 5.61. The summed E-state index contributed by atoms with van der Waals surface area (Å²) < 4.78 is 18.5. The molecule has 0 radical (unpaired) electrons. The number of benzene rings is 1. The van der Waals surface area contributed by atoms with Crippen molar-refractivity contribution in [2.24, 2.45) is 0 Å². The van der Waals surface area contributed by atoms with Gasteiger partial charge in [-0.3, -0.25) is 0 Å². The average Bonchev–Trinajstić information content (AvgIpc) is 2.42. The van der Waals surface area contributed by atoms with Gasteiger partial charge in [-0.1, -0.05) is 6.07 Å². The lowest BCUT2D eigenvalue weighted by Gasteiger charge is -2.10. The molecule has 0 aliphatic heterocycles. The second-order valence-electron chi connectivity index (χ2n) is 4.49. The zero-order valence-corrected chi connectivity index (χ0v) is 11.9. The van der Waals surface area contributed by atoms with Crippen LogP contribution in [-0.4, -0.2) is 23.6 Å². The first-order chi connectivity index (χ1) is 9.63. The first-order valence-electron chi connectivity index (χ1n) is 6.51. The molecule has 0 unspecified atom stereocenters. The molecule has 106 valence electrons. The summed E-state index contributed by atoms with van der Waals surface area (Å²) >= 11 is 0. The van der Waals surface area contributed by atoms with E-state index in [-0.39, 0.29) is 5.82 Å². The largest absolute Gasteiger partial charge is 0.378 e. The minimum absolute atomic E-state index is 0.295. The van der Waals surface area contributed by atoms with E-state index in [9.17, 15) is 4.39 Å². The van der Waals surface area contributed by atoms with Gasteiger partial charge < -0.3 is 10.1 Å². The second kappa shape index (κ2) is 6.43. The van der Waals surface area contributed by atoms with Gasteiger partial charge in [0.25, 0.3) is 0 Å². The number of rotatable bonds is 5. The van der Waals surface area contributed by atoms with Crippen molar-refractivity contribution in [2.45, 2.75) is 20.5 Å². The maximum Gasteiger partial charge on any atom is 0.162 e. The standard InChI is InChI=1S/C15H18FN3O/c1-4-17-14-8-12(9-20-3)18-15(19-14)13-7-11(16)6-5-10(13)2/h5-8H,4,9H2,1-3H3,(H,17,18,19). The number of anilines is 1. The third-order valence-corrected chi connectivity index (χ3v) is 2.87. The van der Waals surface area contributed by atoms with E-state index in [4.69, 9.17) is 4.74 Å². The fourth-order valence-electron chi connectivity index (χ4n) is 1.95. The lowest BCUT2D eigenvalue weighted by Crippen LogP contribution is -2.05. The lowest BCUT2D eigenvalue weighted by atomic mass is 10.1. The summed E-state index contributed by atoms with van der Waals surface area (Å²) in [7, 11) is 1.61. The highest BCUT2D eigenvalue weighted by Crippen LogP contribution is 2.23.